The Morgan fingerprint density at radius 3 is 0.917 bits per heavy atom. The molecule has 0 unspecified atom stereocenters. The standard InChI is InChI=1S/C32H26O8S2.C32H25O5S.C28H18O2.C2H6.4Na.O3S/c1-17-13-19(3)31(41(33,34)35)25-15-27(39-29(17)25)23-9-5-21(6-10-23)22-7-11-24(12-8-22)28-16-26-30(40-28)18(2)14-20(4)32(26)42(36,37)38;1-18-5-14-28-26(15-18)20(3)31(36-28)24-10-6-22(7-11-24)23-8-12-25(13-9-23)32-21(4)27-16-19(2)30(38(33,34)35)17-29(27)37-32;1-3-7-25-23(5-1)17-27(29-25)21-13-9-19(10-14-21)20-11-15-22(16-12-20)28-18-24-6-2-4-8-26(24)30-28;1-2;;;;;1-4(2)3/h5-16H,1-4H3,(H,33,34,35)(H,36,37,38);6-17H,1-4H3,(H,33,34,35);1-18H;1-2H3;;;;;/q;-1;;;4*+1;/p-3. The summed E-state index contributed by atoms with van der Waals surface area (Å²) in [5.74, 6) is 4.19. The molecule has 0 radical (unpaired) electrons. The van der Waals surface area contributed by atoms with Crippen molar-refractivity contribution < 1.29 is 196 Å². The van der Waals surface area contributed by atoms with E-state index >= 15 is 0 Å². The van der Waals surface area contributed by atoms with Crippen LogP contribution in [0.1, 0.15) is 58.4 Å². The second-order valence-electron chi connectivity index (χ2n) is 27.8. The van der Waals surface area contributed by atoms with Gasteiger partial charge in [0, 0.05) is 71.5 Å². The molecule has 12 aromatic carbocycles. The van der Waals surface area contributed by atoms with Crippen molar-refractivity contribution in [2.75, 3.05) is 0 Å². The topological polar surface area (TPSA) is 302 Å². The van der Waals surface area contributed by atoms with Gasteiger partial charge in [-0.25, -0.2) is 25.3 Å². The molecule has 18 nitrogen and oxygen atoms in total. The molecule has 0 spiro atoms. The van der Waals surface area contributed by atoms with Crippen molar-refractivity contribution in [3.05, 3.63) is 305 Å². The van der Waals surface area contributed by atoms with Gasteiger partial charge in [-0.2, -0.15) is 17.7 Å². The molecule has 0 N–H and O–H groups in total. The average molecular weight is 1710 g/mol. The summed E-state index contributed by atoms with van der Waals surface area (Å²) in [6, 6.07) is 85.3. The first-order valence-corrected chi connectivity index (χ1v) is 41.9. The third kappa shape index (κ3) is 20.1. The van der Waals surface area contributed by atoms with Gasteiger partial charge in [0.1, 0.15) is 92.8 Å². The third-order valence-corrected chi connectivity index (χ3v) is 23.2. The molecule has 18 rings (SSSR count). The van der Waals surface area contributed by atoms with Crippen molar-refractivity contribution in [1.29, 1.82) is 0 Å². The van der Waals surface area contributed by atoms with E-state index in [1.807, 2.05) is 143 Å². The second-order valence-corrected chi connectivity index (χ2v) is 32.2. The zero-order chi connectivity index (χ0) is 82.4. The van der Waals surface area contributed by atoms with Crippen LogP contribution in [0.15, 0.2) is 296 Å². The number of fused-ring (bicyclic) bond motifs is 6. The second kappa shape index (κ2) is 38.7. The molecule has 0 saturated carbocycles. The maximum Gasteiger partial charge on any atom is 1.00 e. The van der Waals surface area contributed by atoms with E-state index in [1.165, 1.54) is 17.2 Å². The van der Waals surface area contributed by atoms with Crippen LogP contribution in [-0.2, 0) is 41.0 Å². The quantitative estimate of drug-likeness (QED) is 0.0623. The van der Waals surface area contributed by atoms with Crippen LogP contribution < -0.4 is 118 Å². The molecule has 120 heavy (non-hydrogen) atoms. The Balaban J connectivity index is 0.000000182. The first-order valence-electron chi connectivity index (χ1n) is 36.7. The van der Waals surface area contributed by atoms with Crippen LogP contribution in [-0.4, -0.2) is 51.5 Å². The van der Waals surface area contributed by atoms with Crippen LogP contribution in [0.5, 0.6) is 0 Å². The molecule has 0 bridgehead atoms. The molecule has 6 heterocycles. The van der Waals surface area contributed by atoms with Gasteiger partial charge in [0.05, 0.1) is 14.7 Å². The molecule has 584 valence electrons. The summed E-state index contributed by atoms with van der Waals surface area (Å²) in [6.45, 7) is 18.4. The van der Waals surface area contributed by atoms with Crippen LogP contribution in [0.4, 0.5) is 0 Å². The summed E-state index contributed by atoms with van der Waals surface area (Å²) in [5, 5.41) is 4.69. The van der Waals surface area contributed by atoms with Gasteiger partial charge < -0.3 is 40.2 Å². The summed E-state index contributed by atoms with van der Waals surface area (Å²) in [7, 11) is -17.1. The van der Waals surface area contributed by atoms with E-state index in [-0.39, 0.29) is 144 Å². The SMILES string of the molecule is CC.Cc1[c-]cc2oc(-c3ccc(-c4ccc(-c5oc6cc(S(=O)(=O)[O-])c(C)cc6c5C)cc4)cc3)c(C)c2c1.Cc1cc(C)c2oc(-c3ccc(-c4ccc(-c5cc6c(S(=O)(=O)[O-])c(C)cc(C)c6o5)cc4)cc3)cc2c1S(=O)(=O)[O-].O=S(=O)=O.[Na+].[Na+].[Na+].[Na+].c1ccc2oc(-c3ccc(-c4ccc(-c5cc6ccccc6o5)cc4)cc3)cc2c1. The van der Waals surface area contributed by atoms with Gasteiger partial charge in [-0.3, -0.25) is 0 Å². The fourth-order valence-corrected chi connectivity index (χ4v) is 17.1. The fourth-order valence-electron chi connectivity index (χ4n) is 14.6. The monoisotopic (exact) mass is 1710 g/mol. The predicted molar refractivity (Wildman–Crippen MR) is 449 cm³/mol. The minimum absolute atomic E-state index is 0. The van der Waals surface area contributed by atoms with Gasteiger partial charge in [0.25, 0.3) is 0 Å². The van der Waals surface area contributed by atoms with Gasteiger partial charge in [-0.1, -0.05) is 220 Å². The van der Waals surface area contributed by atoms with Crippen molar-refractivity contribution in [1.82, 2.24) is 0 Å². The van der Waals surface area contributed by atoms with Gasteiger partial charge in [-0.05, 0) is 164 Å². The van der Waals surface area contributed by atoms with Crippen LogP contribution in [0.3, 0.4) is 0 Å². The Bertz CT molecular complexity index is 6960. The van der Waals surface area contributed by atoms with Crippen molar-refractivity contribution in [2.45, 2.75) is 83.9 Å². The number of benzene rings is 12. The molecule has 0 atom stereocenters. The van der Waals surface area contributed by atoms with Crippen LogP contribution >= 0.6 is 0 Å². The number of para-hydroxylation sites is 2. The Kier molecular flexibility index (Phi) is 30.2. The number of rotatable bonds is 12. The van der Waals surface area contributed by atoms with E-state index in [4.69, 9.17) is 39.1 Å². The predicted octanol–water partition coefficient (Wildman–Crippen LogP) is 11.6. The molecule has 0 aliphatic rings. The van der Waals surface area contributed by atoms with Crippen molar-refractivity contribution in [2.24, 2.45) is 0 Å². The summed E-state index contributed by atoms with van der Waals surface area (Å²) >= 11 is 0. The summed E-state index contributed by atoms with van der Waals surface area (Å²) in [4.78, 5) is -0.791. The Hall–Kier alpha value is -8.77. The summed E-state index contributed by atoms with van der Waals surface area (Å²) in [5.41, 5.74) is 21.3. The van der Waals surface area contributed by atoms with Crippen molar-refractivity contribution in [3.63, 3.8) is 0 Å². The van der Waals surface area contributed by atoms with E-state index < -0.39 is 41.0 Å². The van der Waals surface area contributed by atoms with E-state index in [1.54, 1.807) is 65.0 Å². The fraction of sp³-hybridized carbons (Fsp3) is 0.106. The molecule has 0 aliphatic carbocycles. The third-order valence-electron chi connectivity index (χ3n) is 20.1. The Morgan fingerprint density at radius 1 is 0.292 bits per heavy atom. The zero-order valence-corrected chi connectivity index (χ0v) is 79.5. The van der Waals surface area contributed by atoms with Gasteiger partial charge in [0.2, 0.25) is 0 Å². The smallest absolute Gasteiger partial charge is 0.744 e. The molecule has 0 fully saturated rings. The van der Waals surface area contributed by atoms with E-state index in [0.717, 1.165) is 139 Å². The van der Waals surface area contributed by atoms with Crippen molar-refractivity contribution >= 4 is 107 Å². The van der Waals surface area contributed by atoms with Crippen molar-refractivity contribution in [3.8, 4) is 101 Å². The molecular weight excluding hydrogens is 1640 g/mol. The summed E-state index contributed by atoms with van der Waals surface area (Å²) in [6.07, 6.45) is 0. The first-order chi connectivity index (χ1) is 55.4. The normalized spacial score (nSPS) is 11.2. The van der Waals surface area contributed by atoms with E-state index in [0.29, 0.717) is 50.7 Å². The van der Waals surface area contributed by atoms with Gasteiger partial charge in [-0.15, -0.1) is 18.7 Å². The molecular formula is C94H72Na4O18S4. The first kappa shape index (κ1) is 93.5. The van der Waals surface area contributed by atoms with E-state index in [9.17, 15) is 38.9 Å². The molecule has 6 aromatic heterocycles. The molecule has 26 heteroatoms. The van der Waals surface area contributed by atoms with Crippen LogP contribution in [0.2, 0.25) is 0 Å². The molecule has 18 aromatic rings. The van der Waals surface area contributed by atoms with Gasteiger partial charge >= 0.3 is 129 Å². The van der Waals surface area contributed by atoms with Crippen LogP contribution in [0, 0.1) is 61.5 Å². The van der Waals surface area contributed by atoms with Gasteiger partial charge in [0.15, 0.2) is 0 Å². The number of furan rings is 6. The number of hydrogen-bond donors (Lipinski definition) is 0. The molecule has 0 aliphatic heterocycles. The largest absolute Gasteiger partial charge is 1.00 e. The minimum Gasteiger partial charge on any atom is -0.744 e. The maximum atomic E-state index is 11.9. The number of hydrogen-bond acceptors (Lipinski definition) is 18. The number of aryl methyl sites for hydroxylation is 8. The molecule has 0 amide bonds. The minimum atomic E-state index is -4.69. The Morgan fingerprint density at radius 2 is 0.592 bits per heavy atom. The van der Waals surface area contributed by atoms with E-state index in [2.05, 4.69) is 116 Å². The zero-order valence-electron chi connectivity index (χ0n) is 68.2. The molecule has 0 saturated heterocycles. The maximum absolute atomic E-state index is 11.9. The summed E-state index contributed by atoms with van der Waals surface area (Å²) < 4.78 is 168. The van der Waals surface area contributed by atoms with Crippen LogP contribution in [0.25, 0.3) is 167 Å². The Labute approximate surface area is 784 Å². The average Bonchev–Trinajstić information content (AvgIpc) is 1.55.